The zero-order valence-corrected chi connectivity index (χ0v) is 10.6. The number of rotatable bonds is 4. The lowest BCUT2D eigenvalue weighted by atomic mass is 10.3. The smallest absolute Gasteiger partial charge is 0.223 e. The van der Waals surface area contributed by atoms with Crippen molar-refractivity contribution in [3.8, 4) is 0 Å². The zero-order chi connectivity index (χ0) is 12.7. The van der Waals surface area contributed by atoms with Gasteiger partial charge in [-0.05, 0) is 24.3 Å². The van der Waals surface area contributed by atoms with Gasteiger partial charge in [0, 0.05) is 4.90 Å². The summed E-state index contributed by atoms with van der Waals surface area (Å²) in [5.74, 6) is 1.01. The van der Waals surface area contributed by atoms with E-state index in [1.54, 1.807) is 11.8 Å². The maximum atomic E-state index is 5.60. The molecule has 5 nitrogen and oxygen atoms in total. The fraction of sp³-hybridized carbons (Fsp3) is 0.273. The van der Waals surface area contributed by atoms with Crippen molar-refractivity contribution < 1.29 is 0 Å². The number of guanidine groups is 2. The van der Waals surface area contributed by atoms with Crippen molar-refractivity contribution in [1.82, 2.24) is 0 Å². The van der Waals surface area contributed by atoms with Crippen LogP contribution in [-0.4, -0.2) is 17.7 Å². The Morgan fingerprint density at radius 1 is 1.24 bits per heavy atom. The van der Waals surface area contributed by atoms with E-state index >= 15 is 0 Å². The average molecular weight is 251 g/mol. The highest BCUT2D eigenvalue weighted by Crippen LogP contribution is 2.29. The molecule has 0 aliphatic carbocycles. The molecule has 1 aromatic carbocycles. The first-order valence-electron chi connectivity index (χ1n) is 5.29. The molecule has 6 N–H and O–H groups in total. The van der Waals surface area contributed by atoms with E-state index < -0.39 is 0 Å². The molecule has 1 rings (SSSR count). The summed E-state index contributed by atoms with van der Waals surface area (Å²) in [7, 11) is 0. The Morgan fingerprint density at radius 2 is 1.94 bits per heavy atom. The Balaban J connectivity index is 2.93. The number of aliphatic imine (C=N–C) groups is 2. The highest BCUT2D eigenvalue weighted by atomic mass is 32.2. The molecule has 0 spiro atoms. The van der Waals surface area contributed by atoms with Gasteiger partial charge in [0.1, 0.15) is 0 Å². The van der Waals surface area contributed by atoms with Crippen LogP contribution in [0.1, 0.15) is 13.3 Å². The lowest BCUT2D eigenvalue weighted by Gasteiger charge is -2.04. The van der Waals surface area contributed by atoms with Gasteiger partial charge in [-0.1, -0.05) is 19.1 Å². The first-order chi connectivity index (χ1) is 8.13. The summed E-state index contributed by atoms with van der Waals surface area (Å²) >= 11 is 1.73. The highest BCUT2D eigenvalue weighted by Gasteiger charge is 2.01. The lowest BCUT2D eigenvalue weighted by Crippen LogP contribution is -2.26. The molecule has 0 fully saturated rings. The Hall–Kier alpha value is -1.69. The Kier molecular flexibility index (Phi) is 5.35. The van der Waals surface area contributed by atoms with Crippen LogP contribution < -0.4 is 17.2 Å². The van der Waals surface area contributed by atoms with Crippen LogP contribution in [0.25, 0.3) is 0 Å². The molecule has 0 amide bonds. The van der Waals surface area contributed by atoms with Crippen LogP contribution in [0.4, 0.5) is 5.69 Å². The maximum absolute atomic E-state index is 5.60. The first kappa shape index (κ1) is 13.4. The summed E-state index contributed by atoms with van der Waals surface area (Å²) in [5, 5.41) is 0. The molecule has 0 aliphatic heterocycles. The van der Waals surface area contributed by atoms with Crippen LogP contribution in [0.15, 0.2) is 39.1 Å². The molecule has 0 bridgehead atoms. The minimum atomic E-state index is -0.0926. The normalized spacial score (nSPS) is 11.2. The van der Waals surface area contributed by atoms with Crippen LogP contribution in [0.5, 0.6) is 0 Å². The molecule has 0 aromatic heterocycles. The third-order valence-electron chi connectivity index (χ3n) is 1.81. The molecule has 6 heteroatoms. The van der Waals surface area contributed by atoms with Crippen LogP contribution in [0, 0.1) is 0 Å². The van der Waals surface area contributed by atoms with Crippen molar-refractivity contribution in [3.05, 3.63) is 24.3 Å². The number of hydrogen-bond donors (Lipinski definition) is 3. The zero-order valence-electron chi connectivity index (χ0n) is 9.76. The predicted octanol–water partition coefficient (Wildman–Crippen LogP) is 1.41. The predicted molar refractivity (Wildman–Crippen MR) is 74.5 cm³/mol. The largest absolute Gasteiger partial charge is 0.370 e. The van der Waals surface area contributed by atoms with Gasteiger partial charge in [-0.2, -0.15) is 4.99 Å². The van der Waals surface area contributed by atoms with Crippen molar-refractivity contribution in [1.29, 1.82) is 0 Å². The minimum Gasteiger partial charge on any atom is -0.370 e. The third-order valence-corrected chi connectivity index (χ3v) is 3.07. The second kappa shape index (κ2) is 6.80. The molecule has 0 unspecified atom stereocenters. The standard InChI is InChI=1S/C11H17N5S/c1-2-7-17-9-6-4-3-5-8(9)15-11(14)16-10(12)13/h3-6H,2,7H2,1H3,(H6,12,13,14,15,16). The van der Waals surface area contributed by atoms with Gasteiger partial charge in [0.15, 0.2) is 5.96 Å². The topological polar surface area (TPSA) is 103 Å². The summed E-state index contributed by atoms with van der Waals surface area (Å²) in [5.41, 5.74) is 16.8. The monoisotopic (exact) mass is 251 g/mol. The third kappa shape index (κ3) is 4.78. The van der Waals surface area contributed by atoms with E-state index in [2.05, 4.69) is 16.9 Å². The number of benzene rings is 1. The molecule has 0 atom stereocenters. The maximum Gasteiger partial charge on any atom is 0.223 e. The molecular weight excluding hydrogens is 234 g/mol. The fourth-order valence-electron chi connectivity index (χ4n) is 1.16. The summed E-state index contributed by atoms with van der Waals surface area (Å²) in [6.45, 7) is 2.13. The molecule has 0 saturated carbocycles. The Bertz CT molecular complexity index is 424. The van der Waals surface area contributed by atoms with Gasteiger partial charge in [0.05, 0.1) is 5.69 Å². The molecule has 1 aromatic rings. The van der Waals surface area contributed by atoms with Crippen LogP contribution in [0.3, 0.4) is 0 Å². The van der Waals surface area contributed by atoms with E-state index in [0.717, 1.165) is 22.8 Å². The van der Waals surface area contributed by atoms with E-state index in [9.17, 15) is 0 Å². The number of para-hydroxylation sites is 1. The summed E-state index contributed by atoms with van der Waals surface area (Å²) in [6.07, 6.45) is 1.10. The van der Waals surface area contributed by atoms with Crippen molar-refractivity contribution in [2.75, 3.05) is 5.75 Å². The van der Waals surface area contributed by atoms with Gasteiger partial charge in [0.2, 0.25) is 5.96 Å². The summed E-state index contributed by atoms with van der Waals surface area (Å²) in [6, 6.07) is 7.75. The summed E-state index contributed by atoms with van der Waals surface area (Å²) in [4.78, 5) is 8.94. The first-order valence-corrected chi connectivity index (χ1v) is 6.27. The number of nitrogens with two attached hydrogens (primary N) is 3. The molecule has 0 heterocycles. The average Bonchev–Trinajstić information content (AvgIpc) is 2.26. The van der Waals surface area contributed by atoms with Crippen molar-refractivity contribution in [2.24, 2.45) is 27.2 Å². The van der Waals surface area contributed by atoms with Crippen molar-refractivity contribution in [2.45, 2.75) is 18.2 Å². The fourth-order valence-corrected chi connectivity index (χ4v) is 2.02. The van der Waals surface area contributed by atoms with E-state index in [4.69, 9.17) is 17.2 Å². The van der Waals surface area contributed by atoms with Gasteiger partial charge in [-0.15, -0.1) is 11.8 Å². The second-order valence-electron chi connectivity index (χ2n) is 3.32. The van der Waals surface area contributed by atoms with Crippen LogP contribution in [-0.2, 0) is 0 Å². The van der Waals surface area contributed by atoms with E-state index in [-0.39, 0.29) is 11.9 Å². The number of thioether (sulfide) groups is 1. The van der Waals surface area contributed by atoms with Crippen LogP contribution in [0.2, 0.25) is 0 Å². The Labute approximate surface area is 105 Å². The molecule has 17 heavy (non-hydrogen) atoms. The van der Waals surface area contributed by atoms with E-state index in [1.165, 1.54) is 0 Å². The second-order valence-corrected chi connectivity index (χ2v) is 4.46. The lowest BCUT2D eigenvalue weighted by molar-refractivity contribution is 1.10. The van der Waals surface area contributed by atoms with Crippen molar-refractivity contribution in [3.63, 3.8) is 0 Å². The Morgan fingerprint density at radius 3 is 2.59 bits per heavy atom. The highest BCUT2D eigenvalue weighted by molar-refractivity contribution is 7.99. The SMILES string of the molecule is CCCSc1ccccc1N=C(N)N=C(N)N. The molecule has 92 valence electrons. The van der Waals surface area contributed by atoms with E-state index in [1.807, 2.05) is 24.3 Å². The molecule has 0 radical (unpaired) electrons. The van der Waals surface area contributed by atoms with Gasteiger partial charge in [-0.3, -0.25) is 0 Å². The molecule has 0 saturated heterocycles. The molecule has 0 aliphatic rings. The summed E-state index contributed by atoms with van der Waals surface area (Å²) < 4.78 is 0. The van der Waals surface area contributed by atoms with Gasteiger partial charge in [0.25, 0.3) is 0 Å². The molecular formula is C11H17N5S. The van der Waals surface area contributed by atoms with Gasteiger partial charge >= 0.3 is 0 Å². The van der Waals surface area contributed by atoms with Gasteiger partial charge in [-0.25, -0.2) is 4.99 Å². The number of hydrogen-bond acceptors (Lipinski definition) is 2. The van der Waals surface area contributed by atoms with E-state index in [0.29, 0.717) is 0 Å². The van der Waals surface area contributed by atoms with Crippen molar-refractivity contribution >= 4 is 29.4 Å². The van der Waals surface area contributed by atoms with Gasteiger partial charge < -0.3 is 17.2 Å². The number of nitrogens with zero attached hydrogens (tertiary/aromatic N) is 2. The quantitative estimate of drug-likeness (QED) is 0.427. The minimum absolute atomic E-state index is 0.0644. The van der Waals surface area contributed by atoms with Crippen LogP contribution >= 0.6 is 11.8 Å².